The first-order valence-electron chi connectivity index (χ1n) is 7.87. The summed E-state index contributed by atoms with van der Waals surface area (Å²) in [5.41, 5.74) is 1.32. The van der Waals surface area contributed by atoms with E-state index in [0.717, 1.165) is 24.9 Å². The third-order valence-corrected chi connectivity index (χ3v) is 4.23. The molecule has 112 valence electrons. The van der Waals surface area contributed by atoms with E-state index in [1.54, 1.807) is 7.11 Å². The van der Waals surface area contributed by atoms with Gasteiger partial charge in [-0.1, -0.05) is 18.6 Å². The molecule has 1 aromatic rings. The second-order valence-corrected chi connectivity index (χ2v) is 5.76. The van der Waals surface area contributed by atoms with Gasteiger partial charge in [-0.15, -0.1) is 0 Å². The molecule has 1 aliphatic rings. The van der Waals surface area contributed by atoms with Crippen molar-refractivity contribution in [2.75, 3.05) is 26.7 Å². The molecule has 0 amide bonds. The Balaban J connectivity index is 1.58. The molecule has 2 rings (SSSR count). The van der Waals surface area contributed by atoms with Crippen molar-refractivity contribution in [3.63, 3.8) is 0 Å². The van der Waals surface area contributed by atoms with Gasteiger partial charge in [0.1, 0.15) is 5.75 Å². The van der Waals surface area contributed by atoms with Crippen LogP contribution in [0.3, 0.4) is 0 Å². The smallest absolute Gasteiger partial charge is 0.118 e. The van der Waals surface area contributed by atoms with E-state index in [-0.39, 0.29) is 0 Å². The normalized spacial score (nSPS) is 20.0. The summed E-state index contributed by atoms with van der Waals surface area (Å²) in [7, 11) is 1.70. The van der Waals surface area contributed by atoms with Crippen molar-refractivity contribution in [2.45, 2.75) is 45.2 Å². The molecule has 0 saturated carbocycles. The lowest BCUT2D eigenvalue weighted by Crippen LogP contribution is -2.38. The summed E-state index contributed by atoms with van der Waals surface area (Å²) in [6.07, 6.45) is 5.40. The molecule has 0 bridgehead atoms. The van der Waals surface area contributed by atoms with Crippen LogP contribution in [0, 0.1) is 0 Å². The first-order valence-corrected chi connectivity index (χ1v) is 7.87. The molecule has 0 unspecified atom stereocenters. The number of benzene rings is 1. The highest BCUT2D eigenvalue weighted by atomic mass is 16.5. The molecular weight excluding hydrogens is 248 g/mol. The van der Waals surface area contributed by atoms with E-state index in [9.17, 15) is 0 Å². The number of nitrogens with zero attached hydrogens (tertiary/aromatic N) is 1. The van der Waals surface area contributed by atoms with E-state index >= 15 is 0 Å². The summed E-state index contributed by atoms with van der Waals surface area (Å²) in [5.74, 6) is 0.924. The van der Waals surface area contributed by atoms with Crippen LogP contribution >= 0.6 is 0 Å². The summed E-state index contributed by atoms with van der Waals surface area (Å²) >= 11 is 0. The number of piperidine rings is 1. The number of likely N-dealkylation sites (tertiary alicyclic amines) is 1. The second-order valence-electron chi connectivity index (χ2n) is 5.76. The summed E-state index contributed by atoms with van der Waals surface area (Å²) in [6, 6.07) is 9.07. The summed E-state index contributed by atoms with van der Waals surface area (Å²) in [5, 5.41) is 3.53. The van der Waals surface area contributed by atoms with Gasteiger partial charge >= 0.3 is 0 Å². The van der Waals surface area contributed by atoms with Crippen LogP contribution in [0.5, 0.6) is 5.75 Å². The molecule has 20 heavy (non-hydrogen) atoms. The van der Waals surface area contributed by atoms with Gasteiger partial charge in [0.2, 0.25) is 0 Å². The second kappa shape index (κ2) is 8.28. The molecule has 1 aliphatic heterocycles. The number of methoxy groups -OCH3 is 1. The van der Waals surface area contributed by atoms with Crippen molar-refractivity contribution >= 4 is 0 Å². The predicted octanol–water partition coefficient (Wildman–Crippen LogP) is 3.05. The molecule has 0 aromatic heterocycles. The van der Waals surface area contributed by atoms with Crippen molar-refractivity contribution in [1.82, 2.24) is 10.2 Å². The van der Waals surface area contributed by atoms with Gasteiger partial charge in [0.05, 0.1) is 7.11 Å². The van der Waals surface area contributed by atoms with Crippen LogP contribution in [0.1, 0.15) is 38.2 Å². The topological polar surface area (TPSA) is 24.5 Å². The van der Waals surface area contributed by atoms with Gasteiger partial charge in [0.15, 0.2) is 0 Å². The Morgan fingerprint density at radius 3 is 2.75 bits per heavy atom. The number of hydrogen-bond donors (Lipinski definition) is 1. The molecule has 1 heterocycles. The van der Waals surface area contributed by atoms with Crippen molar-refractivity contribution in [3.8, 4) is 5.75 Å². The quantitative estimate of drug-likeness (QED) is 0.775. The number of nitrogens with one attached hydrogen (secondary N) is 1. The maximum Gasteiger partial charge on any atom is 0.118 e. The van der Waals surface area contributed by atoms with Crippen LogP contribution < -0.4 is 10.1 Å². The molecule has 1 aromatic carbocycles. The Morgan fingerprint density at radius 2 is 2.05 bits per heavy atom. The van der Waals surface area contributed by atoms with Crippen LogP contribution in [0.2, 0.25) is 0 Å². The van der Waals surface area contributed by atoms with Crippen molar-refractivity contribution in [1.29, 1.82) is 0 Å². The molecular formula is C17H28N2O. The van der Waals surface area contributed by atoms with Gasteiger partial charge in [-0.3, -0.25) is 0 Å². The minimum absolute atomic E-state index is 0.783. The Kier molecular flexibility index (Phi) is 6.34. The van der Waals surface area contributed by atoms with Crippen molar-refractivity contribution < 1.29 is 4.74 Å². The fourth-order valence-electron chi connectivity index (χ4n) is 2.87. The number of ether oxygens (including phenoxy) is 1. The van der Waals surface area contributed by atoms with E-state index in [2.05, 4.69) is 29.3 Å². The van der Waals surface area contributed by atoms with Gasteiger partial charge in [-0.25, -0.2) is 0 Å². The molecule has 1 fully saturated rings. The summed E-state index contributed by atoms with van der Waals surface area (Å²) < 4.78 is 5.16. The van der Waals surface area contributed by atoms with Crippen LogP contribution in [0.15, 0.2) is 24.3 Å². The van der Waals surface area contributed by atoms with E-state index in [0.29, 0.717) is 0 Å². The fourth-order valence-corrected chi connectivity index (χ4v) is 2.87. The van der Waals surface area contributed by atoms with Crippen LogP contribution in [-0.4, -0.2) is 37.7 Å². The SMILES string of the molecule is COc1ccc(CNCCCN2CCCC[C@H]2C)cc1. The zero-order valence-corrected chi connectivity index (χ0v) is 12.9. The lowest BCUT2D eigenvalue weighted by Gasteiger charge is -2.33. The molecule has 1 saturated heterocycles. The highest BCUT2D eigenvalue weighted by Crippen LogP contribution is 2.16. The van der Waals surface area contributed by atoms with Crippen LogP contribution in [-0.2, 0) is 6.54 Å². The Bertz CT molecular complexity index is 377. The van der Waals surface area contributed by atoms with Gasteiger partial charge < -0.3 is 15.0 Å². The molecule has 0 spiro atoms. The Morgan fingerprint density at radius 1 is 1.25 bits per heavy atom. The number of rotatable bonds is 7. The van der Waals surface area contributed by atoms with Gasteiger partial charge in [0, 0.05) is 12.6 Å². The molecule has 0 radical (unpaired) electrons. The molecule has 3 heteroatoms. The number of hydrogen-bond acceptors (Lipinski definition) is 3. The largest absolute Gasteiger partial charge is 0.497 e. The van der Waals surface area contributed by atoms with Gasteiger partial charge in [0.25, 0.3) is 0 Å². The van der Waals surface area contributed by atoms with Gasteiger partial charge in [-0.2, -0.15) is 0 Å². The molecule has 0 aliphatic carbocycles. The standard InChI is InChI=1S/C17H28N2O/c1-15-6-3-4-12-19(15)13-5-11-18-14-16-7-9-17(20-2)10-8-16/h7-10,15,18H,3-6,11-14H2,1-2H3/t15-/m1/s1. The average Bonchev–Trinajstić information content (AvgIpc) is 2.49. The lowest BCUT2D eigenvalue weighted by molar-refractivity contribution is 0.159. The lowest BCUT2D eigenvalue weighted by atomic mass is 10.0. The fraction of sp³-hybridized carbons (Fsp3) is 0.647. The first-order chi connectivity index (χ1) is 9.79. The van der Waals surface area contributed by atoms with E-state index in [1.165, 1.54) is 44.3 Å². The highest BCUT2D eigenvalue weighted by Gasteiger charge is 2.16. The predicted molar refractivity (Wildman–Crippen MR) is 84.2 cm³/mol. The van der Waals surface area contributed by atoms with E-state index < -0.39 is 0 Å². The highest BCUT2D eigenvalue weighted by molar-refractivity contribution is 5.26. The van der Waals surface area contributed by atoms with Crippen LogP contribution in [0.4, 0.5) is 0 Å². The minimum atomic E-state index is 0.783. The average molecular weight is 276 g/mol. The third-order valence-electron chi connectivity index (χ3n) is 4.23. The maximum absolute atomic E-state index is 5.16. The zero-order valence-electron chi connectivity index (χ0n) is 12.9. The third kappa shape index (κ3) is 4.80. The minimum Gasteiger partial charge on any atom is -0.497 e. The summed E-state index contributed by atoms with van der Waals surface area (Å²) in [4.78, 5) is 2.64. The van der Waals surface area contributed by atoms with Gasteiger partial charge in [-0.05, 0) is 63.5 Å². The molecule has 3 nitrogen and oxygen atoms in total. The summed E-state index contributed by atoms with van der Waals surface area (Å²) in [6.45, 7) is 6.93. The zero-order chi connectivity index (χ0) is 14.2. The monoisotopic (exact) mass is 276 g/mol. The maximum atomic E-state index is 5.16. The van der Waals surface area contributed by atoms with Crippen LogP contribution in [0.25, 0.3) is 0 Å². The molecule has 1 atom stereocenters. The molecule has 1 N–H and O–H groups in total. The Hall–Kier alpha value is -1.06. The van der Waals surface area contributed by atoms with E-state index in [4.69, 9.17) is 4.74 Å². The van der Waals surface area contributed by atoms with E-state index in [1.807, 2.05) is 12.1 Å². The first kappa shape index (κ1) is 15.3. The Labute approximate surface area is 123 Å². The van der Waals surface area contributed by atoms with Crippen molar-refractivity contribution in [2.24, 2.45) is 0 Å². The van der Waals surface area contributed by atoms with Crippen molar-refractivity contribution in [3.05, 3.63) is 29.8 Å².